The van der Waals surface area contributed by atoms with E-state index in [1.54, 1.807) is 12.2 Å². The summed E-state index contributed by atoms with van der Waals surface area (Å²) in [6.07, 6.45) is 4.54. The van der Waals surface area contributed by atoms with Gasteiger partial charge in [0.05, 0.1) is 0 Å². The minimum absolute atomic E-state index is 0.747. The van der Waals surface area contributed by atoms with E-state index < -0.39 is 0 Å². The van der Waals surface area contributed by atoms with Crippen LogP contribution in [0.1, 0.15) is 0 Å². The third-order valence-electron chi connectivity index (χ3n) is 0.726. The van der Waals surface area contributed by atoms with Gasteiger partial charge in [0.15, 0.2) is 0 Å². The van der Waals surface area contributed by atoms with Crippen LogP contribution in [-0.4, -0.2) is 6.21 Å². The van der Waals surface area contributed by atoms with Crippen LogP contribution in [-0.2, 0) is 0 Å². The van der Waals surface area contributed by atoms with Crippen LogP contribution in [0.3, 0.4) is 0 Å². The van der Waals surface area contributed by atoms with Crippen LogP contribution in [0.15, 0.2) is 35.4 Å². The van der Waals surface area contributed by atoms with E-state index in [1.165, 1.54) is 6.21 Å². The molecule has 48 valence electrons. The molecule has 0 amide bonds. The normalized spacial score (nSPS) is 10.6. The monoisotopic (exact) mass is 185 g/mol. The highest BCUT2D eigenvalue weighted by atomic mass is 79.9. The van der Waals surface area contributed by atoms with Crippen molar-refractivity contribution < 1.29 is 0 Å². The molecule has 0 radical (unpaired) electrons. The molecule has 0 saturated carbocycles. The zero-order chi connectivity index (χ0) is 7.28. The van der Waals surface area contributed by atoms with Crippen molar-refractivity contribution in [3.63, 3.8) is 0 Å². The Bertz CT molecular complexity index is 158. The van der Waals surface area contributed by atoms with Crippen LogP contribution < -0.4 is 0 Å². The second-order valence-corrected chi connectivity index (χ2v) is 2.46. The van der Waals surface area contributed by atoms with Crippen LogP contribution in [0.2, 0.25) is 0 Å². The molecule has 0 rings (SSSR count). The van der Waals surface area contributed by atoms with Gasteiger partial charge in [-0.05, 0) is 11.6 Å². The summed E-state index contributed by atoms with van der Waals surface area (Å²) >= 11 is 3.13. The number of hydrogen-bond donors (Lipinski definition) is 1. The standard InChI is InChI=1S/C7H8BrN/c1-3-7(5-9)4-6(2)8/h3-5,9H,1-2H2/b7-4+,9-5?. The van der Waals surface area contributed by atoms with Crippen LogP contribution in [0.5, 0.6) is 0 Å². The minimum atomic E-state index is 0.747. The molecule has 0 saturated heterocycles. The van der Waals surface area contributed by atoms with Crippen molar-refractivity contribution in [1.82, 2.24) is 0 Å². The van der Waals surface area contributed by atoms with Gasteiger partial charge in [0, 0.05) is 10.7 Å². The molecular weight excluding hydrogens is 178 g/mol. The Labute approximate surface area is 63.4 Å². The zero-order valence-corrected chi connectivity index (χ0v) is 6.61. The summed E-state index contributed by atoms with van der Waals surface area (Å²) in [6.45, 7) is 7.08. The largest absolute Gasteiger partial charge is 0.308 e. The van der Waals surface area contributed by atoms with E-state index in [-0.39, 0.29) is 0 Å². The summed E-state index contributed by atoms with van der Waals surface area (Å²) in [5.41, 5.74) is 0.747. The molecule has 0 aromatic heterocycles. The van der Waals surface area contributed by atoms with Crippen LogP contribution in [0, 0.1) is 5.41 Å². The van der Waals surface area contributed by atoms with Gasteiger partial charge in [-0.15, -0.1) is 0 Å². The lowest BCUT2D eigenvalue weighted by atomic mass is 10.3. The Morgan fingerprint density at radius 3 is 2.22 bits per heavy atom. The fourth-order valence-electron chi connectivity index (χ4n) is 0.340. The van der Waals surface area contributed by atoms with Crippen molar-refractivity contribution in [2.75, 3.05) is 0 Å². The number of nitrogens with one attached hydrogen (secondary N) is 1. The molecule has 0 atom stereocenters. The first-order valence-corrected chi connectivity index (χ1v) is 3.19. The van der Waals surface area contributed by atoms with Gasteiger partial charge in [-0.3, -0.25) is 0 Å². The summed E-state index contributed by atoms with van der Waals surface area (Å²) < 4.78 is 0.751. The smallest absolute Gasteiger partial charge is 0.0250 e. The lowest BCUT2D eigenvalue weighted by molar-refractivity contribution is 1.55. The maximum Gasteiger partial charge on any atom is 0.0250 e. The van der Waals surface area contributed by atoms with Gasteiger partial charge >= 0.3 is 0 Å². The molecule has 2 heteroatoms. The Kier molecular flexibility index (Phi) is 3.97. The van der Waals surface area contributed by atoms with E-state index in [9.17, 15) is 0 Å². The van der Waals surface area contributed by atoms with Crippen LogP contribution >= 0.6 is 15.9 Å². The van der Waals surface area contributed by atoms with Crippen molar-refractivity contribution in [2.24, 2.45) is 0 Å². The molecule has 1 N–H and O–H groups in total. The van der Waals surface area contributed by atoms with Crippen LogP contribution in [0.4, 0.5) is 0 Å². The third kappa shape index (κ3) is 3.91. The lowest BCUT2D eigenvalue weighted by Gasteiger charge is -1.87. The first kappa shape index (κ1) is 8.37. The fraction of sp³-hybridized carbons (Fsp3) is 0. The molecule has 9 heavy (non-hydrogen) atoms. The summed E-state index contributed by atoms with van der Waals surface area (Å²) in [6, 6.07) is 0. The maximum atomic E-state index is 6.83. The first-order valence-electron chi connectivity index (χ1n) is 2.39. The Morgan fingerprint density at radius 1 is 1.56 bits per heavy atom. The quantitative estimate of drug-likeness (QED) is 0.517. The number of allylic oxidation sites excluding steroid dienone is 4. The Hall–Kier alpha value is -0.630. The molecule has 0 aliphatic carbocycles. The maximum absolute atomic E-state index is 6.83. The highest BCUT2D eigenvalue weighted by Crippen LogP contribution is 2.05. The molecule has 0 spiro atoms. The predicted octanol–water partition coefficient (Wildman–Crippen LogP) is 2.66. The van der Waals surface area contributed by atoms with E-state index >= 15 is 0 Å². The number of hydrogen-bond acceptors (Lipinski definition) is 1. The second kappa shape index (κ2) is 4.27. The zero-order valence-electron chi connectivity index (χ0n) is 5.02. The molecular formula is C7H8BrN. The SMILES string of the molecule is C=C/C(C=N)=C\C(=C)Br. The second-order valence-electron chi connectivity index (χ2n) is 1.44. The molecule has 0 heterocycles. The molecule has 0 aromatic carbocycles. The molecule has 0 bridgehead atoms. The average Bonchev–Trinajstić information content (AvgIpc) is 1.82. The van der Waals surface area contributed by atoms with Gasteiger partial charge in [-0.2, -0.15) is 0 Å². The van der Waals surface area contributed by atoms with Crippen molar-refractivity contribution >= 4 is 22.1 Å². The van der Waals surface area contributed by atoms with E-state index in [2.05, 4.69) is 29.1 Å². The van der Waals surface area contributed by atoms with Gasteiger partial charge < -0.3 is 5.41 Å². The average molecular weight is 186 g/mol. The van der Waals surface area contributed by atoms with E-state index in [0.29, 0.717) is 0 Å². The van der Waals surface area contributed by atoms with E-state index in [1.807, 2.05) is 0 Å². The summed E-state index contributed by atoms with van der Waals surface area (Å²) in [7, 11) is 0. The van der Waals surface area contributed by atoms with Crippen molar-refractivity contribution in [1.29, 1.82) is 5.41 Å². The van der Waals surface area contributed by atoms with E-state index in [0.717, 1.165) is 10.1 Å². The molecule has 1 nitrogen and oxygen atoms in total. The Balaban J connectivity index is 4.24. The van der Waals surface area contributed by atoms with Gasteiger partial charge in [0.1, 0.15) is 0 Å². The number of halogens is 1. The topological polar surface area (TPSA) is 23.9 Å². The summed E-state index contributed by atoms with van der Waals surface area (Å²) in [4.78, 5) is 0. The number of rotatable bonds is 3. The fourth-order valence-corrected chi connectivity index (χ4v) is 0.605. The third-order valence-corrected chi connectivity index (χ3v) is 0.955. The van der Waals surface area contributed by atoms with E-state index in [4.69, 9.17) is 5.41 Å². The van der Waals surface area contributed by atoms with Gasteiger partial charge in [0.25, 0.3) is 0 Å². The van der Waals surface area contributed by atoms with Gasteiger partial charge in [-0.1, -0.05) is 35.2 Å². The Morgan fingerprint density at radius 2 is 2.11 bits per heavy atom. The summed E-state index contributed by atoms with van der Waals surface area (Å²) in [5, 5.41) is 6.83. The molecule has 0 aromatic rings. The highest BCUT2D eigenvalue weighted by Gasteiger charge is 1.83. The van der Waals surface area contributed by atoms with Crippen molar-refractivity contribution in [3.05, 3.63) is 35.4 Å². The molecule has 0 aliphatic rings. The van der Waals surface area contributed by atoms with Crippen LogP contribution in [0.25, 0.3) is 0 Å². The van der Waals surface area contributed by atoms with Gasteiger partial charge in [-0.25, -0.2) is 0 Å². The van der Waals surface area contributed by atoms with Crippen molar-refractivity contribution in [2.45, 2.75) is 0 Å². The first-order chi connectivity index (χ1) is 4.20. The molecule has 0 aliphatic heterocycles. The van der Waals surface area contributed by atoms with Gasteiger partial charge in [0.2, 0.25) is 0 Å². The molecule has 0 unspecified atom stereocenters. The minimum Gasteiger partial charge on any atom is -0.308 e. The predicted molar refractivity (Wildman–Crippen MR) is 45.1 cm³/mol. The highest BCUT2D eigenvalue weighted by molar-refractivity contribution is 9.11. The lowest BCUT2D eigenvalue weighted by Crippen LogP contribution is -1.74. The van der Waals surface area contributed by atoms with Crippen molar-refractivity contribution in [3.8, 4) is 0 Å². The molecule has 0 fully saturated rings. The summed E-state index contributed by atoms with van der Waals surface area (Å²) in [5.74, 6) is 0.